The molecule has 0 aromatic heterocycles. The van der Waals surface area contributed by atoms with Crippen molar-refractivity contribution < 1.29 is 41.9 Å². The summed E-state index contributed by atoms with van der Waals surface area (Å²) in [6.07, 6.45) is 8.69. The molecule has 7 rings (SSSR count). The maximum Gasteiger partial charge on any atom is 0.410 e. The fourth-order valence-electron chi connectivity index (χ4n) is 8.24. The lowest BCUT2D eigenvalue weighted by Crippen LogP contribution is -2.58. The molecule has 5 atom stereocenters. The summed E-state index contributed by atoms with van der Waals surface area (Å²) >= 11 is 0. The van der Waals surface area contributed by atoms with E-state index in [9.17, 15) is 32.4 Å². The summed E-state index contributed by atoms with van der Waals surface area (Å²) in [5.41, 5.74) is 0.584. The Hall–Kier alpha value is -4.92. The number of carbonyl (C=O) groups excluding carboxylic acids is 5. The van der Waals surface area contributed by atoms with E-state index in [4.69, 9.17) is 9.47 Å². The second kappa shape index (κ2) is 16.4. The lowest BCUT2D eigenvalue weighted by atomic mass is 10.0. The Morgan fingerprint density at radius 2 is 1.58 bits per heavy atom. The Bertz CT molecular complexity index is 1920. The number of rotatable bonds is 6. The number of allylic oxidation sites excluding steroid dienone is 1. The van der Waals surface area contributed by atoms with Gasteiger partial charge in [-0.05, 0) is 81.0 Å². The molecule has 3 aliphatic heterocycles. The van der Waals surface area contributed by atoms with Crippen LogP contribution in [-0.4, -0.2) is 91.0 Å². The first-order chi connectivity index (χ1) is 26.5. The van der Waals surface area contributed by atoms with Crippen LogP contribution in [0.1, 0.15) is 81.8 Å². The number of amides is 5. The Morgan fingerprint density at radius 1 is 0.855 bits per heavy atom. The molecule has 15 heteroatoms. The molecule has 55 heavy (non-hydrogen) atoms. The van der Waals surface area contributed by atoms with Crippen molar-refractivity contribution in [1.82, 2.24) is 25.2 Å². The number of sulfonamides is 1. The first kappa shape index (κ1) is 38.4. The Labute approximate surface area is 321 Å². The van der Waals surface area contributed by atoms with Crippen LogP contribution in [0.2, 0.25) is 0 Å². The summed E-state index contributed by atoms with van der Waals surface area (Å²) in [4.78, 5) is 72.1. The number of hydrogen-bond donors (Lipinski definition) is 3. The van der Waals surface area contributed by atoms with Crippen LogP contribution in [0.25, 0.3) is 0 Å². The van der Waals surface area contributed by atoms with Crippen molar-refractivity contribution in [3.05, 3.63) is 77.9 Å². The molecular formula is C40H49N5O9S. The van der Waals surface area contributed by atoms with E-state index in [0.717, 1.165) is 49.7 Å². The number of nitrogens with zero attached hydrogens (tertiary/aromatic N) is 2. The van der Waals surface area contributed by atoms with Gasteiger partial charge in [0.15, 0.2) is 0 Å². The van der Waals surface area contributed by atoms with Gasteiger partial charge in [0.05, 0.1) is 11.4 Å². The number of carbonyl (C=O) groups is 5. The van der Waals surface area contributed by atoms with Gasteiger partial charge in [0.1, 0.15) is 29.8 Å². The molecule has 0 bridgehead atoms. The summed E-state index contributed by atoms with van der Waals surface area (Å²) < 4.78 is 40.2. The lowest BCUT2D eigenvalue weighted by molar-refractivity contribution is -0.141. The van der Waals surface area contributed by atoms with Crippen molar-refractivity contribution in [2.45, 2.75) is 118 Å². The smallest absolute Gasteiger partial charge is 0.410 e. The standard InChI is InChI=1S/C40H49N5O9S/c46-35-34-23-31(54-39(50)44-22-21-27-13-9-10-14-28(27)25-44)26-45(34)36(47)33(41-38(49)53-30-16-11-12-17-30)20-8-3-1-2-5-15-29-24-40(29,42-35)37(48)43-55(51,52)32-18-6-4-7-19-32/h4-7,9-10,13-15,18-19,29-31,33-34H,1-3,8,11-12,16-17,20-26H2,(H,41,49)(H,42,46)(H,43,48)/b15-5-/t29-,31-,33+,34+,40-/m1/s1. The van der Waals surface area contributed by atoms with Crippen LogP contribution >= 0.6 is 0 Å². The zero-order chi connectivity index (χ0) is 38.6. The van der Waals surface area contributed by atoms with Crippen LogP contribution in [0, 0.1) is 5.92 Å². The minimum atomic E-state index is -4.26. The zero-order valence-corrected chi connectivity index (χ0v) is 31.6. The van der Waals surface area contributed by atoms with Crippen LogP contribution in [0.5, 0.6) is 0 Å². The fraction of sp³-hybridized carbons (Fsp3) is 0.525. The molecule has 3 heterocycles. The van der Waals surface area contributed by atoms with Gasteiger partial charge in [-0.2, -0.15) is 0 Å². The molecule has 3 fully saturated rings. The molecule has 5 amide bonds. The van der Waals surface area contributed by atoms with Gasteiger partial charge in [-0.15, -0.1) is 0 Å². The quantitative estimate of drug-likeness (QED) is 0.365. The number of benzene rings is 2. The van der Waals surface area contributed by atoms with Gasteiger partial charge in [-0.25, -0.2) is 22.7 Å². The van der Waals surface area contributed by atoms with Crippen LogP contribution in [0.4, 0.5) is 9.59 Å². The Morgan fingerprint density at radius 3 is 2.36 bits per heavy atom. The van der Waals surface area contributed by atoms with Gasteiger partial charge in [0, 0.05) is 25.4 Å². The monoisotopic (exact) mass is 775 g/mol. The van der Waals surface area contributed by atoms with Gasteiger partial charge in [-0.3, -0.25) is 14.4 Å². The number of nitrogens with one attached hydrogen (secondary N) is 3. The van der Waals surface area contributed by atoms with E-state index >= 15 is 0 Å². The molecule has 2 aliphatic carbocycles. The Kier molecular flexibility index (Phi) is 11.5. The molecular weight excluding hydrogens is 727 g/mol. The third kappa shape index (κ3) is 8.82. The van der Waals surface area contributed by atoms with Crippen molar-refractivity contribution in [2.75, 3.05) is 13.1 Å². The van der Waals surface area contributed by atoms with E-state index in [2.05, 4.69) is 15.4 Å². The van der Waals surface area contributed by atoms with E-state index in [1.54, 1.807) is 23.1 Å². The van der Waals surface area contributed by atoms with E-state index in [-0.39, 0.29) is 30.4 Å². The van der Waals surface area contributed by atoms with Crippen LogP contribution < -0.4 is 15.4 Å². The SMILES string of the molecule is O=C(N[C@H]1CCCCC/C=C\[C@@H]2C[C@@]2(C(=O)NS(=O)(=O)c2ccccc2)NC(=O)[C@@H]2C[C@@H](OC(=O)N3CCc4ccccc4C3)CN2C1=O)OC1CCCC1. The molecule has 2 aromatic rings. The molecule has 14 nitrogen and oxygen atoms in total. The molecule has 2 aromatic carbocycles. The highest BCUT2D eigenvalue weighted by Gasteiger charge is 2.61. The van der Waals surface area contributed by atoms with Gasteiger partial charge in [0.2, 0.25) is 11.8 Å². The summed E-state index contributed by atoms with van der Waals surface area (Å²) in [5.74, 6) is -2.60. The highest BCUT2D eigenvalue weighted by molar-refractivity contribution is 7.90. The summed E-state index contributed by atoms with van der Waals surface area (Å²) in [6, 6.07) is 13.1. The minimum Gasteiger partial charge on any atom is -0.446 e. The first-order valence-electron chi connectivity index (χ1n) is 19.4. The third-order valence-corrected chi connectivity index (χ3v) is 12.8. The average molecular weight is 776 g/mol. The fourth-order valence-corrected chi connectivity index (χ4v) is 9.30. The molecule has 294 valence electrons. The molecule has 2 saturated carbocycles. The first-order valence-corrected chi connectivity index (χ1v) is 20.9. The molecule has 5 aliphatic rings. The van der Waals surface area contributed by atoms with Crippen molar-refractivity contribution in [1.29, 1.82) is 0 Å². The number of alkyl carbamates (subject to hydrolysis) is 1. The van der Waals surface area contributed by atoms with Crippen molar-refractivity contribution >= 4 is 39.9 Å². The summed E-state index contributed by atoms with van der Waals surface area (Å²) in [5, 5.41) is 5.60. The predicted molar refractivity (Wildman–Crippen MR) is 200 cm³/mol. The largest absolute Gasteiger partial charge is 0.446 e. The van der Waals surface area contributed by atoms with Crippen LogP contribution in [0.3, 0.4) is 0 Å². The topological polar surface area (TPSA) is 181 Å². The third-order valence-electron chi connectivity index (χ3n) is 11.4. The zero-order valence-electron chi connectivity index (χ0n) is 30.8. The van der Waals surface area contributed by atoms with Crippen LogP contribution in [0.15, 0.2) is 71.6 Å². The highest BCUT2D eigenvalue weighted by atomic mass is 32.2. The van der Waals surface area contributed by atoms with Gasteiger partial charge in [-0.1, -0.05) is 67.5 Å². The van der Waals surface area contributed by atoms with E-state index < -0.39 is 69.6 Å². The van der Waals surface area contributed by atoms with Gasteiger partial charge in [0.25, 0.3) is 15.9 Å². The maximum absolute atomic E-state index is 14.5. The number of ether oxygens (including phenoxy) is 2. The maximum atomic E-state index is 14.5. The van der Waals surface area contributed by atoms with Crippen molar-refractivity contribution in [2.24, 2.45) is 5.92 Å². The molecule has 1 saturated heterocycles. The van der Waals surface area contributed by atoms with Crippen molar-refractivity contribution in [3.8, 4) is 0 Å². The van der Waals surface area contributed by atoms with E-state index in [1.165, 1.54) is 17.0 Å². The summed E-state index contributed by atoms with van der Waals surface area (Å²) in [7, 11) is -4.26. The molecule has 0 radical (unpaired) electrons. The lowest BCUT2D eigenvalue weighted by Gasteiger charge is -2.30. The normalized spacial score (nSPS) is 27.9. The minimum absolute atomic E-state index is 0.0620. The average Bonchev–Trinajstić information content (AvgIpc) is 3.44. The van der Waals surface area contributed by atoms with Crippen molar-refractivity contribution in [3.63, 3.8) is 0 Å². The van der Waals surface area contributed by atoms with E-state index in [0.29, 0.717) is 38.8 Å². The molecule has 0 unspecified atom stereocenters. The number of fused-ring (bicyclic) bond motifs is 3. The van der Waals surface area contributed by atoms with Gasteiger partial charge < -0.3 is 29.9 Å². The van der Waals surface area contributed by atoms with E-state index in [1.807, 2.05) is 36.4 Å². The predicted octanol–water partition coefficient (Wildman–Crippen LogP) is 4.09. The molecule has 3 N–H and O–H groups in total. The second-order valence-corrected chi connectivity index (χ2v) is 17.0. The molecule has 0 spiro atoms. The second-order valence-electron chi connectivity index (χ2n) is 15.3. The highest BCUT2D eigenvalue weighted by Crippen LogP contribution is 2.46. The van der Waals surface area contributed by atoms with Crippen LogP contribution in [-0.2, 0) is 46.8 Å². The Balaban J connectivity index is 1.13. The van der Waals surface area contributed by atoms with Gasteiger partial charge >= 0.3 is 12.2 Å². The number of hydrogen-bond acceptors (Lipinski definition) is 9. The summed E-state index contributed by atoms with van der Waals surface area (Å²) in [6.45, 7) is 0.693.